The van der Waals surface area contributed by atoms with Crippen LogP contribution in [0.4, 0.5) is 5.69 Å². The Balaban J connectivity index is 1.68. The average Bonchev–Trinajstić information content (AvgIpc) is 3.08. The molecule has 156 valence electrons. The Labute approximate surface area is 176 Å². The highest BCUT2D eigenvalue weighted by Crippen LogP contribution is 2.18. The number of fused-ring (bicyclic) bond motifs is 1. The molecule has 1 N–H and O–H groups in total. The number of carbonyl (C=O) groups is 2. The minimum atomic E-state index is -0.574. The molecule has 0 aliphatic rings. The Morgan fingerprint density at radius 1 is 1.06 bits per heavy atom. The smallest absolute Gasteiger partial charge is 0.352 e. The lowest BCUT2D eigenvalue weighted by Gasteiger charge is -2.09. The van der Waals surface area contributed by atoms with Crippen molar-refractivity contribution < 1.29 is 14.3 Å². The molecule has 31 heavy (non-hydrogen) atoms. The number of carbonyl (C=O) groups excluding carboxylic acids is 2. The molecular formula is C22H19N5O4. The summed E-state index contributed by atoms with van der Waals surface area (Å²) in [6.45, 7) is 1.48. The third-order valence-electron chi connectivity index (χ3n) is 4.63. The molecule has 0 aliphatic carbocycles. The summed E-state index contributed by atoms with van der Waals surface area (Å²) in [5.74, 6) is -0.633. The largest absolute Gasteiger partial charge is 0.465 e. The number of hydrogen-bond donors (Lipinski definition) is 1. The van der Waals surface area contributed by atoms with Crippen LogP contribution in [0.1, 0.15) is 16.1 Å². The number of aromatic nitrogens is 4. The van der Waals surface area contributed by atoms with Crippen LogP contribution >= 0.6 is 0 Å². The van der Waals surface area contributed by atoms with Gasteiger partial charge in [-0.15, -0.1) is 5.10 Å². The van der Waals surface area contributed by atoms with E-state index in [2.05, 4.69) is 15.4 Å². The number of amides is 1. The van der Waals surface area contributed by atoms with Crippen LogP contribution in [0.25, 0.3) is 17.0 Å². The normalized spacial score (nSPS) is 10.8. The van der Waals surface area contributed by atoms with E-state index in [1.165, 1.54) is 11.5 Å². The third kappa shape index (κ3) is 3.93. The van der Waals surface area contributed by atoms with E-state index in [-0.39, 0.29) is 12.1 Å². The van der Waals surface area contributed by atoms with Crippen LogP contribution in [-0.4, -0.2) is 38.2 Å². The molecule has 0 spiro atoms. The molecule has 2 heterocycles. The van der Waals surface area contributed by atoms with Gasteiger partial charge in [0.1, 0.15) is 12.4 Å². The molecule has 9 nitrogen and oxygen atoms in total. The van der Waals surface area contributed by atoms with Gasteiger partial charge in [0.25, 0.3) is 0 Å². The second-order valence-electron chi connectivity index (χ2n) is 6.81. The number of esters is 1. The Morgan fingerprint density at radius 2 is 1.77 bits per heavy atom. The third-order valence-corrected chi connectivity index (χ3v) is 4.63. The van der Waals surface area contributed by atoms with Gasteiger partial charge in [0, 0.05) is 17.3 Å². The summed E-state index contributed by atoms with van der Waals surface area (Å²) in [7, 11) is 1.26. The minimum Gasteiger partial charge on any atom is -0.465 e. The van der Waals surface area contributed by atoms with Gasteiger partial charge in [-0.2, -0.15) is 0 Å². The Hall–Kier alpha value is -4.27. The summed E-state index contributed by atoms with van der Waals surface area (Å²) >= 11 is 0. The number of aryl methyl sites for hydroxylation is 1. The average molecular weight is 417 g/mol. The molecule has 0 unspecified atom stereocenters. The topological polar surface area (TPSA) is 108 Å². The number of nitrogens with zero attached hydrogens (tertiary/aromatic N) is 4. The number of para-hydroxylation sites is 1. The molecule has 1 amide bonds. The second-order valence-corrected chi connectivity index (χ2v) is 6.81. The van der Waals surface area contributed by atoms with Crippen molar-refractivity contribution in [3.63, 3.8) is 0 Å². The molecule has 0 aliphatic heterocycles. The lowest BCUT2D eigenvalue weighted by atomic mass is 10.2. The lowest BCUT2D eigenvalue weighted by Crippen LogP contribution is -2.29. The van der Waals surface area contributed by atoms with E-state index in [1.807, 2.05) is 37.3 Å². The summed E-state index contributed by atoms with van der Waals surface area (Å²) in [4.78, 5) is 42.0. The summed E-state index contributed by atoms with van der Waals surface area (Å²) in [5.41, 5.74) is 1.86. The molecular weight excluding hydrogens is 398 g/mol. The maximum atomic E-state index is 13.0. The maximum Gasteiger partial charge on any atom is 0.352 e. The summed E-state index contributed by atoms with van der Waals surface area (Å²) in [6, 6.07) is 17.4. The number of anilines is 1. The van der Waals surface area contributed by atoms with Gasteiger partial charge in [-0.3, -0.25) is 4.79 Å². The first-order valence-electron chi connectivity index (χ1n) is 9.48. The van der Waals surface area contributed by atoms with Crippen molar-refractivity contribution >= 4 is 23.2 Å². The molecule has 2 aromatic heterocycles. The standard InChI is InChI=1S/C22H19N5O4/c1-14-12-18-25-26(22(30)27(18)20(23-14)15-8-4-3-5-9-15)13-19(28)24-17-11-7-6-10-16(17)21(29)31-2/h3-12H,13H2,1-2H3,(H,24,28). The van der Waals surface area contributed by atoms with Crippen LogP contribution in [0.3, 0.4) is 0 Å². The van der Waals surface area contributed by atoms with Crippen molar-refractivity contribution in [1.29, 1.82) is 0 Å². The van der Waals surface area contributed by atoms with Crippen molar-refractivity contribution in [2.75, 3.05) is 12.4 Å². The fourth-order valence-electron chi connectivity index (χ4n) is 3.24. The van der Waals surface area contributed by atoms with Crippen molar-refractivity contribution in [1.82, 2.24) is 19.2 Å². The van der Waals surface area contributed by atoms with E-state index >= 15 is 0 Å². The zero-order chi connectivity index (χ0) is 22.0. The molecule has 0 bridgehead atoms. The van der Waals surface area contributed by atoms with E-state index in [9.17, 15) is 14.4 Å². The zero-order valence-corrected chi connectivity index (χ0v) is 16.9. The number of methoxy groups -OCH3 is 1. The maximum absolute atomic E-state index is 13.0. The Morgan fingerprint density at radius 3 is 2.52 bits per heavy atom. The first-order valence-corrected chi connectivity index (χ1v) is 9.48. The summed E-state index contributed by atoms with van der Waals surface area (Å²) in [6.07, 6.45) is 0. The van der Waals surface area contributed by atoms with E-state index in [4.69, 9.17) is 4.74 Å². The number of hydrogen-bond acceptors (Lipinski definition) is 6. The number of rotatable bonds is 5. The molecule has 0 atom stereocenters. The molecule has 9 heteroatoms. The van der Waals surface area contributed by atoms with Crippen LogP contribution in [0, 0.1) is 6.92 Å². The van der Waals surface area contributed by atoms with Gasteiger partial charge in [-0.1, -0.05) is 42.5 Å². The molecule has 0 fully saturated rings. The second kappa shape index (κ2) is 8.23. The van der Waals surface area contributed by atoms with Crippen molar-refractivity contribution in [2.45, 2.75) is 13.5 Å². The monoisotopic (exact) mass is 417 g/mol. The fraction of sp³-hybridized carbons (Fsp3) is 0.136. The van der Waals surface area contributed by atoms with Crippen molar-refractivity contribution in [3.05, 3.63) is 82.4 Å². The van der Waals surface area contributed by atoms with Crippen molar-refractivity contribution in [3.8, 4) is 11.4 Å². The van der Waals surface area contributed by atoms with Gasteiger partial charge < -0.3 is 10.1 Å². The number of nitrogens with one attached hydrogen (secondary N) is 1. The van der Waals surface area contributed by atoms with E-state index in [0.717, 1.165) is 10.2 Å². The zero-order valence-electron chi connectivity index (χ0n) is 16.9. The predicted octanol–water partition coefficient (Wildman–Crippen LogP) is 2.29. The van der Waals surface area contributed by atoms with E-state index < -0.39 is 17.6 Å². The SMILES string of the molecule is COC(=O)c1ccccc1NC(=O)Cn1nc2cc(C)nc(-c3ccccc3)n2c1=O. The van der Waals surface area contributed by atoms with Gasteiger partial charge in [-0.05, 0) is 19.1 Å². The van der Waals surface area contributed by atoms with Crippen molar-refractivity contribution in [2.24, 2.45) is 0 Å². The molecule has 4 rings (SSSR count). The van der Waals surface area contributed by atoms with Crippen LogP contribution in [0.15, 0.2) is 65.5 Å². The highest BCUT2D eigenvalue weighted by atomic mass is 16.5. The first-order chi connectivity index (χ1) is 15.0. The molecule has 0 radical (unpaired) electrons. The van der Waals surface area contributed by atoms with Gasteiger partial charge >= 0.3 is 11.7 Å². The summed E-state index contributed by atoms with van der Waals surface area (Å²) in [5, 5.41) is 6.93. The van der Waals surface area contributed by atoms with Gasteiger partial charge in [0.15, 0.2) is 5.65 Å². The molecule has 0 saturated heterocycles. The van der Waals surface area contributed by atoms with Crippen LogP contribution < -0.4 is 11.0 Å². The van der Waals surface area contributed by atoms with Gasteiger partial charge in [-0.25, -0.2) is 23.7 Å². The van der Waals surface area contributed by atoms with Crippen LogP contribution in [0.2, 0.25) is 0 Å². The highest BCUT2D eigenvalue weighted by Gasteiger charge is 2.18. The summed E-state index contributed by atoms with van der Waals surface area (Å²) < 4.78 is 7.18. The highest BCUT2D eigenvalue weighted by molar-refractivity contribution is 6.01. The predicted molar refractivity (Wildman–Crippen MR) is 114 cm³/mol. The molecule has 2 aromatic carbocycles. The lowest BCUT2D eigenvalue weighted by molar-refractivity contribution is -0.117. The van der Waals surface area contributed by atoms with Gasteiger partial charge in [0.2, 0.25) is 5.91 Å². The number of benzene rings is 2. The minimum absolute atomic E-state index is 0.215. The Bertz CT molecular complexity index is 1340. The van der Waals surface area contributed by atoms with E-state index in [0.29, 0.717) is 22.9 Å². The van der Waals surface area contributed by atoms with E-state index in [1.54, 1.807) is 30.3 Å². The molecule has 0 saturated carbocycles. The van der Waals surface area contributed by atoms with Gasteiger partial charge in [0.05, 0.1) is 18.4 Å². The van der Waals surface area contributed by atoms with Crippen LogP contribution in [0.5, 0.6) is 0 Å². The first kappa shape index (κ1) is 20.0. The molecule has 4 aromatic rings. The fourth-order valence-corrected chi connectivity index (χ4v) is 3.24. The quantitative estimate of drug-likeness (QED) is 0.499. The van der Waals surface area contributed by atoms with Crippen LogP contribution in [-0.2, 0) is 16.1 Å². The number of ether oxygens (including phenoxy) is 1. The Kier molecular flexibility index (Phi) is 5.31.